The molecule has 0 aliphatic carbocycles. The smallest absolute Gasteiger partial charge is 0.326 e. The van der Waals surface area contributed by atoms with Crippen molar-refractivity contribution >= 4 is 39.3 Å². The molecule has 4 rings (SSSR count). The van der Waals surface area contributed by atoms with Crippen LogP contribution in [0.25, 0.3) is 0 Å². The van der Waals surface area contributed by atoms with E-state index in [1.54, 1.807) is 12.3 Å². The summed E-state index contributed by atoms with van der Waals surface area (Å²) in [6.07, 6.45) is 4.21. The van der Waals surface area contributed by atoms with Crippen LogP contribution >= 0.6 is 15.9 Å². The standard InChI is InChI=1S/C28H31BrN4O3/c1-19-5-4-6-23(29)26(19)27(34)32-24(28(35)36)17-20-8-10-22(11-9-20)33-15-12-21(13-16-33)18-31-25-7-2-3-14-30-25/h2-11,14,21,24H,12-13,15-18H2,1H3,(H,30,31)(H,32,34)(H,35,36). The lowest BCUT2D eigenvalue weighted by atomic mass is 9.96. The molecule has 1 aliphatic heterocycles. The minimum atomic E-state index is -1.06. The maximum Gasteiger partial charge on any atom is 0.326 e. The van der Waals surface area contributed by atoms with Crippen LogP contribution in [0.15, 0.2) is 71.3 Å². The van der Waals surface area contributed by atoms with E-state index in [0.29, 0.717) is 16.0 Å². The quantitative estimate of drug-likeness (QED) is 0.350. The van der Waals surface area contributed by atoms with Crippen LogP contribution in [-0.4, -0.2) is 47.6 Å². The molecule has 7 nitrogen and oxygen atoms in total. The Hall–Kier alpha value is -3.39. The van der Waals surface area contributed by atoms with Crippen LogP contribution in [0.5, 0.6) is 0 Å². The lowest BCUT2D eigenvalue weighted by Gasteiger charge is -2.34. The Morgan fingerprint density at radius 1 is 1.08 bits per heavy atom. The fourth-order valence-electron chi connectivity index (χ4n) is 4.54. The highest BCUT2D eigenvalue weighted by atomic mass is 79.9. The second-order valence-corrected chi connectivity index (χ2v) is 10.0. The van der Waals surface area contributed by atoms with Gasteiger partial charge in [-0.1, -0.05) is 30.3 Å². The van der Waals surface area contributed by atoms with Crippen molar-refractivity contribution in [2.24, 2.45) is 5.92 Å². The molecule has 0 saturated carbocycles. The van der Waals surface area contributed by atoms with Gasteiger partial charge in [0.05, 0.1) is 5.56 Å². The number of aliphatic carboxylic acids is 1. The Balaban J connectivity index is 1.30. The monoisotopic (exact) mass is 550 g/mol. The van der Waals surface area contributed by atoms with Gasteiger partial charge in [0.25, 0.3) is 5.91 Å². The zero-order valence-electron chi connectivity index (χ0n) is 20.3. The van der Waals surface area contributed by atoms with Crippen LogP contribution in [-0.2, 0) is 11.2 Å². The first kappa shape index (κ1) is 25.7. The van der Waals surface area contributed by atoms with Crippen molar-refractivity contribution in [2.75, 3.05) is 29.9 Å². The summed E-state index contributed by atoms with van der Waals surface area (Å²) in [5.41, 5.74) is 3.24. The molecular formula is C28H31BrN4O3. The third-order valence-electron chi connectivity index (χ3n) is 6.65. The van der Waals surface area contributed by atoms with Crippen molar-refractivity contribution in [3.05, 3.63) is 88.0 Å². The van der Waals surface area contributed by atoms with Gasteiger partial charge in [0.2, 0.25) is 0 Å². The third kappa shape index (κ3) is 6.63. The van der Waals surface area contributed by atoms with E-state index in [2.05, 4.69) is 36.4 Å². The van der Waals surface area contributed by atoms with Gasteiger partial charge in [-0.25, -0.2) is 9.78 Å². The zero-order valence-corrected chi connectivity index (χ0v) is 21.9. The average molecular weight is 551 g/mol. The highest BCUT2D eigenvalue weighted by Gasteiger charge is 2.24. The number of anilines is 2. The highest BCUT2D eigenvalue weighted by molar-refractivity contribution is 9.10. The van der Waals surface area contributed by atoms with Crippen molar-refractivity contribution in [1.82, 2.24) is 10.3 Å². The SMILES string of the molecule is Cc1cccc(Br)c1C(=O)NC(Cc1ccc(N2CCC(CNc3ccccn3)CC2)cc1)C(=O)O. The van der Waals surface area contributed by atoms with Crippen LogP contribution in [0.4, 0.5) is 11.5 Å². The Morgan fingerprint density at radius 3 is 2.47 bits per heavy atom. The number of hydrogen-bond donors (Lipinski definition) is 3. The first-order chi connectivity index (χ1) is 17.4. The molecule has 1 fully saturated rings. The molecule has 1 atom stereocenters. The number of benzene rings is 2. The van der Waals surface area contributed by atoms with Gasteiger partial charge in [-0.15, -0.1) is 0 Å². The zero-order chi connectivity index (χ0) is 25.5. The molecule has 2 aromatic carbocycles. The first-order valence-corrected chi connectivity index (χ1v) is 13.0. The van der Waals surface area contributed by atoms with E-state index < -0.39 is 17.9 Å². The Morgan fingerprint density at radius 2 is 1.83 bits per heavy atom. The predicted octanol–water partition coefficient (Wildman–Crippen LogP) is 4.91. The summed E-state index contributed by atoms with van der Waals surface area (Å²) in [7, 11) is 0. The van der Waals surface area contributed by atoms with Crippen molar-refractivity contribution in [3.63, 3.8) is 0 Å². The molecule has 3 N–H and O–H groups in total. The predicted molar refractivity (Wildman–Crippen MR) is 146 cm³/mol. The van der Waals surface area contributed by atoms with Crippen molar-refractivity contribution in [2.45, 2.75) is 32.2 Å². The van der Waals surface area contributed by atoms with Crippen LogP contribution in [0.3, 0.4) is 0 Å². The number of nitrogens with zero attached hydrogens (tertiary/aromatic N) is 2. The summed E-state index contributed by atoms with van der Waals surface area (Å²) >= 11 is 3.39. The number of nitrogens with one attached hydrogen (secondary N) is 2. The summed E-state index contributed by atoms with van der Waals surface area (Å²) in [5.74, 6) is 0.0663. The Labute approximate surface area is 220 Å². The van der Waals surface area contributed by atoms with Gasteiger partial charge in [-0.3, -0.25) is 4.79 Å². The molecular weight excluding hydrogens is 520 g/mol. The van der Waals surface area contributed by atoms with E-state index >= 15 is 0 Å². The van der Waals surface area contributed by atoms with E-state index in [4.69, 9.17) is 0 Å². The topological polar surface area (TPSA) is 94.6 Å². The van der Waals surface area contributed by atoms with Crippen molar-refractivity contribution in [1.29, 1.82) is 0 Å². The van der Waals surface area contributed by atoms with E-state index in [0.717, 1.165) is 55.1 Å². The van der Waals surface area contributed by atoms with Gasteiger partial charge in [0.1, 0.15) is 11.9 Å². The molecule has 0 bridgehead atoms. The second-order valence-electron chi connectivity index (χ2n) is 9.19. The van der Waals surface area contributed by atoms with Crippen molar-refractivity contribution in [3.8, 4) is 0 Å². The number of carbonyl (C=O) groups is 2. The summed E-state index contributed by atoms with van der Waals surface area (Å²) < 4.78 is 0.643. The van der Waals surface area contributed by atoms with Crippen LogP contribution in [0.2, 0.25) is 0 Å². The highest BCUT2D eigenvalue weighted by Crippen LogP contribution is 2.25. The number of aromatic nitrogens is 1. The summed E-state index contributed by atoms with van der Waals surface area (Å²) in [6, 6.07) is 18.3. The fourth-order valence-corrected chi connectivity index (χ4v) is 5.19. The Kier molecular flexibility index (Phi) is 8.59. The molecule has 1 aliphatic rings. The normalized spacial score (nSPS) is 14.8. The van der Waals surface area contributed by atoms with E-state index in [-0.39, 0.29) is 6.42 Å². The van der Waals surface area contributed by atoms with Gasteiger partial charge in [-0.05, 0) is 83.1 Å². The number of piperidine rings is 1. The lowest BCUT2D eigenvalue weighted by Crippen LogP contribution is -2.42. The number of carboxylic acids is 1. The molecule has 36 heavy (non-hydrogen) atoms. The van der Waals surface area contributed by atoms with Gasteiger partial charge < -0.3 is 20.6 Å². The number of halogens is 1. The van der Waals surface area contributed by atoms with Gasteiger partial charge in [0.15, 0.2) is 0 Å². The number of hydrogen-bond acceptors (Lipinski definition) is 5. The number of aryl methyl sites for hydroxylation is 1. The van der Waals surface area contributed by atoms with Gasteiger partial charge >= 0.3 is 5.97 Å². The molecule has 1 unspecified atom stereocenters. The van der Waals surface area contributed by atoms with Gasteiger partial charge in [-0.2, -0.15) is 0 Å². The van der Waals surface area contributed by atoms with E-state index in [1.807, 2.05) is 61.5 Å². The average Bonchev–Trinajstić information content (AvgIpc) is 2.88. The van der Waals surface area contributed by atoms with Crippen LogP contribution < -0.4 is 15.5 Å². The number of carboxylic acid groups (broad SMARTS) is 1. The fraction of sp³-hybridized carbons (Fsp3) is 0.321. The van der Waals surface area contributed by atoms with Crippen molar-refractivity contribution < 1.29 is 14.7 Å². The molecule has 2 heterocycles. The molecule has 0 radical (unpaired) electrons. The van der Waals surface area contributed by atoms with Crippen LogP contribution in [0.1, 0.15) is 34.3 Å². The second kappa shape index (κ2) is 12.0. The minimum Gasteiger partial charge on any atom is -0.480 e. The number of carbonyl (C=O) groups excluding carboxylic acids is 1. The summed E-state index contributed by atoms with van der Waals surface area (Å²) in [4.78, 5) is 31.4. The minimum absolute atomic E-state index is 0.214. The molecule has 188 valence electrons. The molecule has 0 spiro atoms. The first-order valence-electron chi connectivity index (χ1n) is 12.2. The summed E-state index contributed by atoms with van der Waals surface area (Å²) in [5, 5.41) is 15.8. The molecule has 3 aromatic rings. The molecule has 1 saturated heterocycles. The van der Waals surface area contributed by atoms with Crippen LogP contribution in [0, 0.1) is 12.8 Å². The number of pyridine rings is 1. The Bertz CT molecular complexity index is 1160. The number of rotatable bonds is 9. The maximum absolute atomic E-state index is 12.8. The number of amides is 1. The third-order valence-corrected chi connectivity index (χ3v) is 7.31. The maximum atomic E-state index is 12.8. The van der Waals surface area contributed by atoms with Gasteiger partial charge in [0, 0.05) is 42.4 Å². The molecule has 8 heteroatoms. The summed E-state index contributed by atoms with van der Waals surface area (Å²) in [6.45, 7) is 4.71. The molecule has 1 aromatic heterocycles. The van der Waals surface area contributed by atoms with E-state index in [1.165, 1.54) is 0 Å². The molecule has 1 amide bonds. The largest absolute Gasteiger partial charge is 0.480 e. The lowest BCUT2D eigenvalue weighted by molar-refractivity contribution is -0.139. The van der Waals surface area contributed by atoms with E-state index in [9.17, 15) is 14.7 Å².